The normalized spacial score (nSPS) is 10.0. The zero-order valence-corrected chi connectivity index (χ0v) is 12.0. The molecule has 2 rings (SSSR count). The van der Waals surface area contributed by atoms with Gasteiger partial charge in [-0.1, -0.05) is 11.8 Å². The first kappa shape index (κ1) is 14.9. The van der Waals surface area contributed by atoms with Crippen LogP contribution in [-0.2, 0) is 16.1 Å². The fourth-order valence-corrected chi connectivity index (χ4v) is 2.74. The second-order valence-corrected chi connectivity index (χ2v) is 5.48. The first-order chi connectivity index (χ1) is 10.1. The molecule has 11 heteroatoms. The van der Waals surface area contributed by atoms with Gasteiger partial charge in [0.2, 0.25) is 11.1 Å². The summed E-state index contributed by atoms with van der Waals surface area (Å²) in [6.45, 7) is -0.375. The van der Waals surface area contributed by atoms with Crippen molar-refractivity contribution in [3.63, 3.8) is 0 Å². The van der Waals surface area contributed by atoms with Crippen LogP contribution in [0.5, 0.6) is 0 Å². The zero-order valence-electron chi connectivity index (χ0n) is 10.4. The third kappa shape index (κ3) is 4.01. The summed E-state index contributed by atoms with van der Waals surface area (Å²) in [7, 11) is 0. The topological polar surface area (TPSA) is 134 Å². The lowest BCUT2D eigenvalue weighted by molar-refractivity contribution is -0.138. The summed E-state index contributed by atoms with van der Waals surface area (Å²) in [5.74, 6) is -1.40. The Hall–Kier alpha value is -2.45. The van der Waals surface area contributed by atoms with Gasteiger partial charge in [0.25, 0.3) is 0 Å². The Bertz CT molecular complexity index is 704. The van der Waals surface area contributed by atoms with Crippen LogP contribution in [0.25, 0.3) is 0 Å². The molecule has 1 amide bonds. The summed E-state index contributed by atoms with van der Waals surface area (Å²) in [5.41, 5.74) is 0.397. The number of nitriles is 1. The van der Waals surface area contributed by atoms with Gasteiger partial charge < -0.3 is 10.4 Å². The quantitative estimate of drug-likeness (QED) is 0.730. The summed E-state index contributed by atoms with van der Waals surface area (Å²) in [6.07, 6.45) is 0. The molecule has 108 valence electrons. The number of anilines is 1. The molecule has 0 radical (unpaired) electrons. The largest absolute Gasteiger partial charge is 0.480 e. The number of hydrogen-bond acceptors (Lipinski definition) is 8. The molecule has 0 aliphatic rings. The van der Waals surface area contributed by atoms with Crippen LogP contribution in [0.15, 0.2) is 16.6 Å². The number of carbonyl (C=O) groups excluding carboxylic acids is 1. The molecule has 0 fully saturated rings. The Morgan fingerprint density at radius 2 is 2.38 bits per heavy atom. The van der Waals surface area contributed by atoms with E-state index in [9.17, 15) is 9.59 Å². The lowest BCUT2D eigenvalue weighted by Gasteiger charge is -2.03. The summed E-state index contributed by atoms with van der Waals surface area (Å²) >= 11 is 2.26. The maximum absolute atomic E-state index is 11.8. The van der Waals surface area contributed by atoms with Gasteiger partial charge in [-0.2, -0.15) is 5.26 Å². The third-order valence-corrected chi connectivity index (χ3v) is 3.94. The van der Waals surface area contributed by atoms with Crippen molar-refractivity contribution in [3.05, 3.63) is 17.0 Å². The number of carboxylic acid groups (broad SMARTS) is 1. The summed E-state index contributed by atoms with van der Waals surface area (Å²) < 4.78 is 1.09. The zero-order chi connectivity index (χ0) is 15.2. The average Bonchev–Trinajstić information content (AvgIpc) is 3.05. The summed E-state index contributed by atoms with van der Waals surface area (Å²) in [4.78, 5) is 22.4. The number of amides is 1. The smallest absolute Gasteiger partial charge is 0.325 e. The number of aliphatic carboxylic acids is 1. The molecule has 0 aliphatic heterocycles. The number of rotatable bonds is 6. The van der Waals surface area contributed by atoms with Crippen LogP contribution in [0.1, 0.15) is 5.56 Å². The van der Waals surface area contributed by atoms with Crippen molar-refractivity contribution in [3.8, 4) is 6.07 Å². The van der Waals surface area contributed by atoms with Gasteiger partial charge in [0.1, 0.15) is 17.6 Å². The van der Waals surface area contributed by atoms with E-state index in [0.29, 0.717) is 10.6 Å². The molecule has 2 heterocycles. The van der Waals surface area contributed by atoms with Crippen molar-refractivity contribution in [1.29, 1.82) is 5.26 Å². The molecule has 0 spiro atoms. The Balaban J connectivity index is 1.91. The molecule has 2 aromatic heterocycles. The number of nitrogens with one attached hydrogen (secondary N) is 1. The van der Waals surface area contributed by atoms with Crippen LogP contribution in [0, 0.1) is 11.3 Å². The van der Waals surface area contributed by atoms with Crippen LogP contribution < -0.4 is 5.32 Å². The van der Waals surface area contributed by atoms with Gasteiger partial charge in [0.05, 0.1) is 11.3 Å². The molecule has 0 aromatic carbocycles. The Morgan fingerprint density at radius 3 is 3.10 bits per heavy atom. The van der Waals surface area contributed by atoms with Gasteiger partial charge in [-0.3, -0.25) is 9.59 Å². The van der Waals surface area contributed by atoms with Gasteiger partial charge in [-0.15, -0.1) is 16.4 Å². The van der Waals surface area contributed by atoms with E-state index >= 15 is 0 Å². The van der Waals surface area contributed by atoms with Crippen molar-refractivity contribution < 1.29 is 14.7 Å². The molecule has 0 atom stereocenters. The maximum atomic E-state index is 11.8. The van der Waals surface area contributed by atoms with Crippen LogP contribution in [0.3, 0.4) is 0 Å². The number of hydrogen-bond donors (Lipinski definition) is 2. The number of carbonyl (C=O) groups is 2. The van der Waals surface area contributed by atoms with Gasteiger partial charge in [0, 0.05) is 0 Å². The summed E-state index contributed by atoms with van der Waals surface area (Å²) in [6, 6.07) is 3.58. The van der Waals surface area contributed by atoms with Crippen LogP contribution in [0.4, 0.5) is 5.00 Å². The van der Waals surface area contributed by atoms with Crippen LogP contribution in [-0.4, -0.2) is 42.9 Å². The lowest BCUT2D eigenvalue weighted by Crippen LogP contribution is -2.15. The van der Waals surface area contributed by atoms with E-state index in [0.717, 1.165) is 16.4 Å². The van der Waals surface area contributed by atoms with E-state index in [2.05, 4.69) is 20.8 Å². The number of thiophene rings is 1. The highest BCUT2D eigenvalue weighted by Crippen LogP contribution is 2.22. The number of nitrogens with zero attached hydrogens (tertiary/aromatic N) is 5. The standard InChI is InChI=1S/C10H8N6O3S2/c11-3-6-1-2-20-9(6)12-7(17)5-21-10-13-14-15-16(10)4-8(18)19/h1-2H,4-5H2,(H,12,17)(H,18,19). The van der Waals surface area contributed by atoms with Crippen molar-refractivity contribution in [1.82, 2.24) is 20.2 Å². The highest BCUT2D eigenvalue weighted by Gasteiger charge is 2.13. The fourth-order valence-electron chi connectivity index (χ4n) is 1.31. The van der Waals surface area contributed by atoms with E-state index in [1.54, 1.807) is 11.4 Å². The van der Waals surface area contributed by atoms with Crippen molar-refractivity contribution in [2.75, 3.05) is 11.1 Å². The Morgan fingerprint density at radius 1 is 1.57 bits per heavy atom. The summed E-state index contributed by atoms with van der Waals surface area (Å²) in [5, 5.41) is 33.1. The van der Waals surface area contributed by atoms with E-state index in [1.165, 1.54) is 11.3 Å². The second-order valence-electron chi connectivity index (χ2n) is 3.62. The molecule has 0 saturated carbocycles. The second kappa shape index (κ2) is 6.82. The van der Waals surface area contributed by atoms with Gasteiger partial charge in [0.15, 0.2) is 0 Å². The molecule has 0 bridgehead atoms. The average molecular weight is 324 g/mol. The lowest BCUT2D eigenvalue weighted by atomic mass is 10.3. The third-order valence-electron chi connectivity index (χ3n) is 2.16. The van der Waals surface area contributed by atoms with Gasteiger partial charge in [-0.25, -0.2) is 4.68 Å². The number of aromatic nitrogens is 4. The predicted molar refractivity (Wildman–Crippen MR) is 73.8 cm³/mol. The molecular weight excluding hydrogens is 316 g/mol. The highest BCUT2D eigenvalue weighted by molar-refractivity contribution is 7.99. The Labute approximate surface area is 126 Å². The number of carboxylic acids is 1. The fraction of sp³-hybridized carbons (Fsp3) is 0.200. The van der Waals surface area contributed by atoms with E-state index in [4.69, 9.17) is 10.4 Å². The maximum Gasteiger partial charge on any atom is 0.325 e. The minimum atomic E-state index is -1.08. The number of thioether (sulfide) groups is 1. The monoisotopic (exact) mass is 324 g/mol. The van der Waals surface area contributed by atoms with E-state index in [1.807, 2.05) is 6.07 Å². The first-order valence-electron chi connectivity index (χ1n) is 5.48. The number of tetrazole rings is 1. The molecule has 9 nitrogen and oxygen atoms in total. The molecule has 0 unspecified atom stereocenters. The minimum Gasteiger partial charge on any atom is -0.480 e. The van der Waals surface area contributed by atoms with E-state index < -0.39 is 5.97 Å². The minimum absolute atomic E-state index is 0.00274. The molecule has 0 saturated heterocycles. The van der Waals surface area contributed by atoms with Crippen LogP contribution in [0.2, 0.25) is 0 Å². The van der Waals surface area contributed by atoms with Crippen molar-refractivity contribution in [2.45, 2.75) is 11.7 Å². The molecule has 2 aromatic rings. The van der Waals surface area contributed by atoms with E-state index in [-0.39, 0.29) is 23.4 Å². The Kier molecular flexibility index (Phi) is 4.85. The molecule has 2 N–H and O–H groups in total. The highest BCUT2D eigenvalue weighted by atomic mass is 32.2. The first-order valence-corrected chi connectivity index (χ1v) is 7.35. The van der Waals surface area contributed by atoms with Crippen molar-refractivity contribution in [2.24, 2.45) is 0 Å². The van der Waals surface area contributed by atoms with Crippen LogP contribution >= 0.6 is 23.1 Å². The van der Waals surface area contributed by atoms with Gasteiger partial charge in [-0.05, 0) is 21.9 Å². The van der Waals surface area contributed by atoms with Crippen molar-refractivity contribution >= 4 is 40.0 Å². The molecule has 21 heavy (non-hydrogen) atoms. The molecule has 0 aliphatic carbocycles. The predicted octanol–water partition coefficient (Wildman–Crippen LogP) is 0.422. The molecular formula is C10H8N6O3S2. The van der Waals surface area contributed by atoms with Gasteiger partial charge >= 0.3 is 5.97 Å². The SMILES string of the molecule is N#Cc1ccsc1NC(=O)CSc1nnnn1CC(=O)O.